The molecule has 1 N–H and O–H groups in total. The fraction of sp³-hybridized carbons (Fsp3) is 0.571. The first kappa shape index (κ1) is 29.8. The first-order valence-electron chi connectivity index (χ1n) is 12.4. The van der Waals surface area contributed by atoms with Crippen LogP contribution in [0.5, 0.6) is 0 Å². The monoisotopic (exact) mass is 514 g/mol. The second-order valence-corrected chi connectivity index (χ2v) is 11.1. The zero-order chi connectivity index (χ0) is 27.8. The Labute approximate surface area is 219 Å². The molecule has 0 radical (unpaired) electrons. The molecule has 0 saturated carbocycles. The number of fused-ring (bicyclic) bond motifs is 1. The Morgan fingerprint density at radius 2 is 1.65 bits per heavy atom. The third-order valence-corrected chi connectivity index (χ3v) is 5.56. The van der Waals surface area contributed by atoms with Crippen LogP contribution in [0.3, 0.4) is 0 Å². The van der Waals surface area contributed by atoms with E-state index in [-0.39, 0.29) is 18.9 Å². The molecule has 1 aliphatic heterocycles. The standard InChI is InChI=1S/C28H38N2O7/c1-27(2,3)25(33)36-30(37-26(34)28(4,5)6)15-11-9-8-10-12-19-13-14-20-17-21(18-23(31)35-7)24(32)29-22(20)16-19/h13-14,16,21H,8-9,11,15,17-18H2,1-7H3,(H,29,32). The molecule has 1 heterocycles. The van der Waals surface area contributed by atoms with Gasteiger partial charge in [-0.15, -0.1) is 0 Å². The van der Waals surface area contributed by atoms with Crippen molar-refractivity contribution in [3.8, 4) is 11.8 Å². The van der Waals surface area contributed by atoms with E-state index in [2.05, 4.69) is 21.9 Å². The van der Waals surface area contributed by atoms with Crippen LogP contribution < -0.4 is 5.32 Å². The average molecular weight is 515 g/mol. The molecule has 1 amide bonds. The van der Waals surface area contributed by atoms with Gasteiger partial charge < -0.3 is 19.7 Å². The number of carbonyl (C=O) groups excluding carboxylic acids is 4. The Hall–Kier alpha value is -3.38. The highest BCUT2D eigenvalue weighted by atomic mass is 17.0. The van der Waals surface area contributed by atoms with Gasteiger partial charge in [0.2, 0.25) is 5.91 Å². The molecule has 0 aromatic heterocycles. The Morgan fingerprint density at radius 1 is 1.03 bits per heavy atom. The van der Waals surface area contributed by atoms with Crippen LogP contribution in [-0.2, 0) is 40.0 Å². The van der Waals surface area contributed by atoms with E-state index in [0.717, 1.165) is 16.4 Å². The highest BCUT2D eigenvalue weighted by Crippen LogP contribution is 2.28. The minimum absolute atomic E-state index is 0.0472. The van der Waals surface area contributed by atoms with Gasteiger partial charge in [-0.05, 0) is 78.5 Å². The largest absolute Gasteiger partial charge is 0.469 e. The van der Waals surface area contributed by atoms with Gasteiger partial charge in [0.1, 0.15) is 0 Å². The summed E-state index contributed by atoms with van der Waals surface area (Å²) in [7, 11) is 1.31. The van der Waals surface area contributed by atoms with Crippen LogP contribution in [0.15, 0.2) is 18.2 Å². The highest BCUT2D eigenvalue weighted by Gasteiger charge is 2.31. The molecule has 0 saturated heterocycles. The molecule has 0 fully saturated rings. The van der Waals surface area contributed by atoms with Gasteiger partial charge in [-0.2, -0.15) is 0 Å². The molecule has 2 rings (SSSR count). The predicted octanol–water partition coefficient (Wildman–Crippen LogP) is 4.19. The van der Waals surface area contributed by atoms with Gasteiger partial charge in [-0.3, -0.25) is 9.59 Å². The smallest absolute Gasteiger partial charge is 0.334 e. The van der Waals surface area contributed by atoms with Crippen molar-refractivity contribution in [1.82, 2.24) is 5.23 Å². The molecule has 1 aliphatic rings. The molecule has 202 valence electrons. The van der Waals surface area contributed by atoms with Crippen LogP contribution in [0.2, 0.25) is 0 Å². The van der Waals surface area contributed by atoms with Crippen molar-refractivity contribution in [3.63, 3.8) is 0 Å². The minimum Gasteiger partial charge on any atom is -0.469 e. The number of ether oxygens (including phenoxy) is 1. The number of hydroxylamine groups is 2. The lowest BCUT2D eigenvalue weighted by Crippen LogP contribution is -2.38. The topological polar surface area (TPSA) is 111 Å². The van der Waals surface area contributed by atoms with E-state index < -0.39 is 34.7 Å². The Kier molecular flexibility index (Phi) is 10.3. The summed E-state index contributed by atoms with van der Waals surface area (Å²) >= 11 is 0. The second kappa shape index (κ2) is 12.7. The van der Waals surface area contributed by atoms with Crippen molar-refractivity contribution in [1.29, 1.82) is 0 Å². The van der Waals surface area contributed by atoms with Crippen LogP contribution in [0, 0.1) is 28.6 Å². The summed E-state index contributed by atoms with van der Waals surface area (Å²) < 4.78 is 4.67. The molecule has 1 atom stereocenters. The number of anilines is 1. The van der Waals surface area contributed by atoms with Gasteiger partial charge in [-0.25, -0.2) is 9.59 Å². The van der Waals surface area contributed by atoms with Crippen LogP contribution >= 0.6 is 0 Å². The van der Waals surface area contributed by atoms with E-state index in [1.165, 1.54) is 7.11 Å². The lowest BCUT2D eigenvalue weighted by Gasteiger charge is -2.26. The molecule has 1 unspecified atom stereocenters. The number of benzene rings is 1. The minimum atomic E-state index is -0.742. The zero-order valence-electron chi connectivity index (χ0n) is 22.9. The lowest BCUT2D eigenvalue weighted by molar-refractivity contribution is -0.332. The zero-order valence-corrected chi connectivity index (χ0v) is 22.9. The van der Waals surface area contributed by atoms with Crippen molar-refractivity contribution >= 4 is 29.5 Å². The van der Waals surface area contributed by atoms with E-state index in [0.29, 0.717) is 31.4 Å². The Balaban J connectivity index is 1.90. The SMILES string of the molecule is COC(=O)CC1Cc2ccc(C#CCCCCN(OC(=O)C(C)(C)C)OC(=O)C(C)(C)C)cc2NC1=O. The van der Waals surface area contributed by atoms with Gasteiger partial charge in [0.15, 0.2) is 0 Å². The molecule has 1 aromatic carbocycles. The van der Waals surface area contributed by atoms with Crippen LogP contribution in [-0.4, -0.2) is 42.7 Å². The molecule has 37 heavy (non-hydrogen) atoms. The molecular formula is C28H38N2O7. The quantitative estimate of drug-likeness (QED) is 0.238. The number of methoxy groups -OCH3 is 1. The van der Waals surface area contributed by atoms with Gasteiger partial charge in [0.25, 0.3) is 0 Å². The predicted molar refractivity (Wildman–Crippen MR) is 137 cm³/mol. The van der Waals surface area contributed by atoms with E-state index in [9.17, 15) is 19.2 Å². The van der Waals surface area contributed by atoms with Gasteiger partial charge in [0, 0.05) is 22.9 Å². The molecule has 1 aromatic rings. The summed E-state index contributed by atoms with van der Waals surface area (Å²) in [5.41, 5.74) is 0.942. The molecule has 9 nitrogen and oxygen atoms in total. The van der Waals surface area contributed by atoms with Gasteiger partial charge in [0.05, 0.1) is 36.8 Å². The molecule has 0 bridgehead atoms. The second-order valence-electron chi connectivity index (χ2n) is 11.1. The fourth-order valence-electron chi connectivity index (χ4n) is 3.18. The number of rotatable bonds is 8. The number of esters is 1. The molecule has 0 spiro atoms. The summed E-state index contributed by atoms with van der Waals surface area (Å²) in [6, 6.07) is 5.63. The van der Waals surface area contributed by atoms with E-state index in [4.69, 9.17) is 9.68 Å². The number of carbonyl (C=O) groups is 4. The van der Waals surface area contributed by atoms with Crippen molar-refractivity contribution in [2.75, 3.05) is 19.0 Å². The summed E-state index contributed by atoms with van der Waals surface area (Å²) in [5.74, 6) is 4.16. The van der Waals surface area contributed by atoms with Crippen LogP contribution in [0.25, 0.3) is 0 Å². The van der Waals surface area contributed by atoms with E-state index in [1.54, 1.807) is 41.5 Å². The average Bonchev–Trinajstić information content (AvgIpc) is 2.80. The molecule has 0 aliphatic carbocycles. The summed E-state index contributed by atoms with van der Waals surface area (Å²) in [5, 5.41) is 3.82. The van der Waals surface area contributed by atoms with Gasteiger partial charge in [-0.1, -0.05) is 17.9 Å². The van der Waals surface area contributed by atoms with Crippen molar-refractivity contribution < 1.29 is 33.6 Å². The maximum Gasteiger partial charge on any atom is 0.334 e. The number of nitrogens with zero attached hydrogens (tertiary/aromatic N) is 1. The van der Waals surface area contributed by atoms with Crippen LogP contribution in [0.1, 0.15) is 78.4 Å². The number of hydrogen-bond donors (Lipinski definition) is 1. The maximum atomic E-state index is 12.3. The van der Waals surface area contributed by atoms with Crippen molar-refractivity contribution in [3.05, 3.63) is 29.3 Å². The lowest BCUT2D eigenvalue weighted by atomic mass is 9.90. The first-order chi connectivity index (χ1) is 17.2. The number of nitrogens with one attached hydrogen (secondary N) is 1. The Morgan fingerprint density at radius 3 is 2.22 bits per heavy atom. The number of unbranched alkanes of at least 4 members (excludes halogenated alkanes) is 2. The number of amides is 1. The normalized spacial score (nSPS) is 15.1. The summed E-state index contributed by atoms with van der Waals surface area (Å²) in [6.45, 7) is 10.6. The number of hydrogen-bond acceptors (Lipinski definition) is 8. The highest BCUT2D eigenvalue weighted by molar-refractivity contribution is 5.97. The van der Waals surface area contributed by atoms with Crippen molar-refractivity contribution in [2.45, 2.75) is 73.6 Å². The summed E-state index contributed by atoms with van der Waals surface area (Å²) in [4.78, 5) is 59.0. The summed E-state index contributed by atoms with van der Waals surface area (Å²) in [6.07, 6.45) is 2.39. The fourth-order valence-corrected chi connectivity index (χ4v) is 3.18. The third kappa shape index (κ3) is 9.54. The molecular weight excluding hydrogens is 476 g/mol. The van der Waals surface area contributed by atoms with Crippen LogP contribution in [0.4, 0.5) is 5.69 Å². The maximum absolute atomic E-state index is 12.3. The van der Waals surface area contributed by atoms with E-state index in [1.807, 2.05) is 18.2 Å². The molecule has 9 heteroatoms. The third-order valence-electron chi connectivity index (χ3n) is 5.56. The van der Waals surface area contributed by atoms with E-state index >= 15 is 0 Å². The Bertz CT molecular complexity index is 1040. The first-order valence-corrected chi connectivity index (χ1v) is 12.4. The van der Waals surface area contributed by atoms with Gasteiger partial charge >= 0.3 is 17.9 Å². The van der Waals surface area contributed by atoms with Crippen molar-refractivity contribution in [2.24, 2.45) is 16.7 Å².